The summed E-state index contributed by atoms with van der Waals surface area (Å²) in [5, 5.41) is 17.0. The van der Waals surface area contributed by atoms with E-state index in [1.807, 2.05) is 6.92 Å². The molecule has 1 aliphatic heterocycles. The zero-order chi connectivity index (χ0) is 17.1. The van der Waals surface area contributed by atoms with Gasteiger partial charge in [0.05, 0.1) is 23.2 Å². The van der Waals surface area contributed by atoms with Crippen LogP contribution >= 0.6 is 35.4 Å². The zero-order valence-electron chi connectivity index (χ0n) is 12.6. The summed E-state index contributed by atoms with van der Waals surface area (Å²) in [5.74, 6) is -0.650. The molecule has 0 saturated carbocycles. The highest BCUT2D eigenvalue weighted by Gasteiger charge is 2.34. The number of phenols is 1. The van der Waals surface area contributed by atoms with E-state index >= 15 is 0 Å². The Morgan fingerprint density at radius 1 is 1.39 bits per heavy atom. The van der Waals surface area contributed by atoms with Gasteiger partial charge in [-0.05, 0) is 37.7 Å². The first-order valence-electron chi connectivity index (χ1n) is 7.04. The third-order valence-corrected chi connectivity index (χ3v) is 4.10. The molecular weight excluding hydrogens is 359 g/mol. The van der Waals surface area contributed by atoms with E-state index in [1.54, 1.807) is 13.0 Å². The van der Waals surface area contributed by atoms with Crippen LogP contribution in [0.2, 0.25) is 10.0 Å². The van der Waals surface area contributed by atoms with Crippen LogP contribution in [-0.2, 0) is 9.53 Å². The van der Waals surface area contributed by atoms with E-state index in [1.165, 1.54) is 6.07 Å². The Morgan fingerprint density at radius 3 is 2.70 bits per heavy atom. The Balaban J connectivity index is 2.62. The molecule has 0 radical (unpaired) electrons. The molecule has 23 heavy (non-hydrogen) atoms. The van der Waals surface area contributed by atoms with Crippen molar-refractivity contribution in [3.63, 3.8) is 0 Å². The van der Waals surface area contributed by atoms with E-state index in [2.05, 4.69) is 10.6 Å². The zero-order valence-corrected chi connectivity index (χ0v) is 14.9. The summed E-state index contributed by atoms with van der Waals surface area (Å²) in [4.78, 5) is 12.4. The molecule has 0 spiro atoms. The van der Waals surface area contributed by atoms with Gasteiger partial charge in [0, 0.05) is 16.3 Å². The van der Waals surface area contributed by atoms with Crippen molar-refractivity contribution < 1.29 is 14.6 Å². The number of hydrogen-bond donors (Lipinski definition) is 3. The number of halogens is 2. The number of carbonyl (C=O) groups is 1. The quantitative estimate of drug-likeness (QED) is 0.553. The number of hydrogen-bond acceptors (Lipinski definition) is 4. The van der Waals surface area contributed by atoms with E-state index in [0.29, 0.717) is 33.4 Å². The summed E-state index contributed by atoms with van der Waals surface area (Å²) in [7, 11) is 0. The van der Waals surface area contributed by atoms with Gasteiger partial charge in [-0.3, -0.25) is 0 Å². The second-order valence-electron chi connectivity index (χ2n) is 4.82. The number of aromatic hydroxyl groups is 1. The Kier molecular flexibility index (Phi) is 5.73. The van der Waals surface area contributed by atoms with E-state index in [4.69, 9.17) is 40.2 Å². The molecule has 1 aliphatic rings. The lowest BCUT2D eigenvalue weighted by Crippen LogP contribution is -2.45. The SMILES string of the molecule is CCOC(=O)C1=C(CC)NC(=S)NC1c1cc(Cl)cc(Cl)c1O. The summed E-state index contributed by atoms with van der Waals surface area (Å²) in [5.41, 5.74) is 1.34. The van der Waals surface area contributed by atoms with Gasteiger partial charge >= 0.3 is 5.97 Å². The van der Waals surface area contributed by atoms with Crippen molar-refractivity contribution in [1.82, 2.24) is 10.6 Å². The predicted octanol–water partition coefficient (Wildman–Crippen LogP) is 3.45. The Hall–Kier alpha value is -1.50. The summed E-state index contributed by atoms with van der Waals surface area (Å²) in [6.07, 6.45) is 0.543. The fraction of sp³-hybridized carbons (Fsp3) is 0.333. The van der Waals surface area contributed by atoms with E-state index in [-0.39, 0.29) is 17.4 Å². The number of esters is 1. The summed E-state index contributed by atoms with van der Waals surface area (Å²) >= 11 is 17.2. The number of rotatable bonds is 4. The van der Waals surface area contributed by atoms with Gasteiger partial charge in [-0.15, -0.1) is 0 Å². The molecule has 1 unspecified atom stereocenters. The number of carbonyl (C=O) groups excluding carboxylic acids is 1. The molecule has 0 saturated heterocycles. The Morgan fingerprint density at radius 2 is 2.09 bits per heavy atom. The first-order chi connectivity index (χ1) is 10.9. The smallest absolute Gasteiger partial charge is 0.338 e. The Labute approximate surface area is 149 Å². The minimum absolute atomic E-state index is 0.0972. The molecule has 124 valence electrons. The van der Waals surface area contributed by atoms with Crippen molar-refractivity contribution in [3.8, 4) is 5.75 Å². The molecular formula is C15H16Cl2N2O3S. The molecule has 5 nitrogen and oxygen atoms in total. The molecule has 1 aromatic rings. The van der Waals surface area contributed by atoms with E-state index in [9.17, 15) is 9.90 Å². The van der Waals surface area contributed by atoms with Crippen LogP contribution in [0.25, 0.3) is 0 Å². The maximum Gasteiger partial charge on any atom is 0.338 e. The van der Waals surface area contributed by atoms with Crippen LogP contribution in [0.3, 0.4) is 0 Å². The van der Waals surface area contributed by atoms with Crippen molar-refractivity contribution >= 4 is 46.5 Å². The minimum atomic E-state index is -0.700. The highest BCUT2D eigenvalue weighted by molar-refractivity contribution is 7.80. The third kappa shape index (κ3) is 3.71. The topological polar surface area (TPSA) is 70.6 Å². The normalized spacial score (nSPS) is 17.6. The second kappa shape index (κ2) is 7.38. The third-order valence-electron chi connectivity index (χ3n) is 3.37. The van der Waals surface area contributed by atoms with E-state index < -0.39 is 12.0 Å². The number of phenolic OH excluding ortho intramolecular Hbond substituents is 1. The molecule has 0 aromatic heterocycles. The molecule has 1 heterocycles. The average Bonchev–Trinajstić information content (AvgIpc) is 2.50. The molecule has 1 aromatic carbocycles. The maximum atomic E-state index is 12.4. The van der Waals surface area contributed by atoms with Crippen molar-refractivity contribution in [2.75, 3.05) is 6.61 Å². The van der Waals surface area contributed by atoms with Crippen molar-refractivity contribution in [3.05, 3.63) is 39.0 Å². The van der Waals surface area contributed by atoms with E-state index in [0.717, 1.165) is 0 Å². The first-order valence-corrected chi connectivity index (χ1v) is 8.21. The molecule has 0 aliphatic carbocycles. The molecule has 0 fully saturated rings. The molecule has 8 heteroatoms. The number of allylic oxidation sites excluding steroid dienone is 1. The lowest BCUT2D eigenvalue weighted by atomic mass is 9.94. The fourth-order valence-electron chi connectivity index (χ4n) is 2.39. The highest BCUT2D eigenvalue weighted by Crippen LogP contribution is 2.39. The van der Waals surface area contributed by atoms with Gasteiger partial charge in [0.2, 0.25) is 0 Å². The number of ether oxygens (including phenoxy) is 1. The summed E-state index contributed by atoms with van der Waals surface area (Å²) in [6, 6.07) is 2.27. The first kappa shape index (κ1) is 17.8. The van der Waals surface area contributed by atoms with Crippen molar-refractivity contribution in [2.24, 2.45) is 0 Å². The highest BCUT2D eigenvalue weighted by atomic mass is 35.5. The van der Waals surface area contributed by atoms with Crippen molar-refractivity contribution in [1.29, 1.82) is 0 Å². The van der Waals surface area contributed by atoms with Gasteiger partial charge in [-0.1, -0.05) is 30.1 Å². The van der Waals surface area contributed by atoms with Crippen LogP contribution in [0.1, 0.15) is 31.9 Å². The van der Waals surface area contributed by atoms with Crippen LogP contribution in [0.15, 0.2) is 23.4 Å². The maximum absolute atomic E-state index is 12.4. The van der Waals surface area contributed by atoms with Gasteiger partial charge in [0.15, 0.2) is 5.11 Å². The summed E-state index contributed by atoms with van der Waals surface area (Å²) < 4.78 is 5.13. The average molecular weight is 375 g/mol. The number of thiocarbonyl (C=S) groups is 1. The largest absolute Gasteiger partial charge is 0.506 e. The van der Waals surface area contributed by atoms with Gasteiger partial charge in [-0.2, -0.15) is 0 Å². The van der Waals surface area contributed by atoms with Gasteiger partial charge < -0.3 is 20.5 Å². The van der Waals surface area contributed by atoms with Crippen LogP contribution in [0.4, 0.5) is 0 Å². The molecule has 0 amide bonds. The Bertz CT molecular complexity index is 692. The van der Waals surface area contributed by atoms with Crippen LogP contribution in [-0.4, -0.2) is 22.8 Å². The standard InChI is InChI=1S/C15H16Cl2N2O3S/c1-3-10-11(14(21)22-4-2)12(19-15(23)18-10)8-5-7(16)6-9(17)13(8)20/h5-6,12,20H,3-4H2,1-2H3,(H2,18,19,23). The fourth-order valence-corrected chi connectivity index (χ4v) is 3.14. The number of benzene rings is 1. The molecule has 3 N–H and O–H groups in total. The lowest BCUT2D eigenvalue weighted by molar-refractivity contribution is -0.139. The predicted molar refractivity (Wildman–Crippen MR) is 93.7 cm³/mol. The monoisotopic (exact) mass is 374 g/mol. The van der Waals surface area contributed by atoms with Gasteiger partial charge in [-0.25, -0.2) is 4.79 Å². The van der Waals surface area contributed by atoms with Crippen LogP contribution < -0.4 is 10.6 Å². The minimum Gasteiger partial charge on any atom is -0.506 e. The van der Waals surface area contributed by atoms with Crippen LogP contribution in [0, 0.1) is 0 Å². The molecule has 0 bridgehead atoms. The van der Waals surface area contributed by atoms with Crippen LogP contribution in [0.5, 0.6) is 5.75 Å². The lowest BCUT2D eigenvalue weighted by Gasteiger charge is -2.31. The summed E-state index contributed by atoms with van der Waals surface area (Å²) in [6.45, 7) is 3.84. The van der Waals surface area contributed by atoms with Crippen molar-refractivity contribution in [2.45, 2.75) is 26.3 Å². The van der Waals surface area contributed by atoms with Gasteiger partial charge in [0.25, 0.3) is 0 Å². The number of nitrogens with one attached hydrogen (secondary N) is 2. The molecule has 1 atom stereocenters. The molecule has 2 rings (SSSR count). The second-order valence-corrected chi connectivity index (χ2v) is 6.08. The van der Waals surface area contributed by atoms with Gasteiger partial charge in [0.1, 0.15) is 5.75 Å².